The molecule has 0 fully saturated rings. The SMILES string of the molecule is COC(=O)c1cccc(-c2ccc(OCCOC(C)=O)nc2C)c1C. The molecule has 6 nitrogen and oxygen atoms in total. The fourth-order valence-electron chi connectivity index (χ4n) is 2.49. The van der Waals surface area contributed by atoms with Crippen molar-refractivity contribution in [3.05, 3.63) is 47.2 Å². The van der Waals surface area contributed by atoms with Crippen molar-refractivity contribution in [3.63, 3.8) is 0 Å². The highest BCUT2D eigenvalue weighted by molar-refractivity contribution is 5.93. The van der Waals surface area contributed by atoms with Crippen molar-refractivity contribution < 1.29 is 23.8 Å². The second-order valence-electron chi connectivity index (χ2n) is 5.44. The van der Waals surface area contributed by atoms with Crippen LogP contribution in [0.1, 0.15) is 28.5 Å². The number of carbonyl (C=O) groups excluding carboxylic acids is 2. The van der Waals surface area contributed by atoms with Crippen LogP contribution in [0.3, 0.4) is 0 Å². The topological polar surface area (TPSA) is 74.7 Å². The fourth-order valence-corrected chi connectivity index (χ4v) is 2.49. The number of hydrogen-bond donors (Lipinski definition) is 0. The monoisotopic (exact) mass is 343 g/mol. The largest absolute Gasteiger partial charge is 0.474 e. The normalized spacial score (nSPS) is 10.2. The lowest BCUT2D eigenvalue weighted by Gasteiger charge is -2.13. The van der Waals surface area contributed by atoms with E-state index >= 15 is 0 Å². The summed E-state index contributed by atoms with van der Waals surface area (Å²) in [6.45, 7) is 5.52. The van der Waals surface area contributed by atoms with Crippen LogP contribution in [0.15, 0.2) is 30.3 Å². The lowest BCUT2D eigenvalue weighted by atomic mass is 9.95. The van der Waals surface area contributed by atoms with Crippen molar-refractivity contribution in [1.82, 2.24) is 4.98 Å². The summed E-state index contributed by atoms with van der Waals surface area (Å²) in [6, 6.07) is 9.14. The summed E-state index contributed by atoms with van der Waals surface area (Å²) >= 11 is 0. The van der Waals surface area contributed by atoms with E-state index in [-0.39, 0.29) is 25.2 Å². The molecule has 0 amide bonds. The van der Waals surface area contributed by atoms with Gasteiger partial charge >= 0.3 is 11.9 Å². The lowest BCUT2D eigenvalue weighted by molar-refractivity contribution is -0.141. The number of methoxy groups -OCH3 is 1. The van der Waals surface area contributed by atoms with Gasteiger partial charge in [-0.2, -0.15) is 0 Å². The van der Waals surface area contributed by atoms with Crippen molar-refractivity contribution in [2.45, 2.75) is 20.8 Å². The molecule has 0 bridgehead atoms. The number of ether oxygens (including phenoxy) is 3. The summed E-state index contributed by atoms with van der Waals surface area (Å²) in [4.78, 5) is 27.0. The van der Waals surface area contributed by atoms with Crippen molar-refractivity contribution in [3.8, 4) is 17.0 Å². The van der Waals surface area contributed by atoms with Gasteiger partial charge in [-0.25, -0.2) is 9.78 Å². The van der Waals surface area contributed by atoms with Gasteiger partial charge in [0.2, 0.25) is 5.88 Å². The highest BCUT2D eigenvalue weighted by Crippen LogP contribution is 2.29. The van der Waals surface area contributed by atoms with E-state index < -0.39 is 0 Å². The van der Waals surface area contributed by atoms with Crippen LogP contribution in [0.4, 0.5) is 0 Å². The number of pyridine rings is 1. The molecular weight excluding hydrogens is 322 g/mol. The molecule has 0 atom stereocenters. The minimum Gasteiger partial charge on any atom is -0.474 e. The first-order valence-electron chi connectivity index (χ1n) is 7.86. The summed E-state index contributed by atoms with van der Waals surface area (Å²) < 4.78 is 15.1. The molecule has 132 valence electrons. The number of rotatable bonds is 6. The zero-order valence-electron chi connectivity index (χ0n) is 14.8. The molecule has 1 heterocycles. The summed E-state index contributed by atoms with van der Waals surface area (Å²) in [5.74, 6) is -0.255. The van der Waals surface area contributed by atoms with E-state index in [0.29, 0.717) is 11.4 Å². The van der Waals surface area contributed by atoms with Crippen molar-refractivity contribution in [2.24, 2.45) is 0 Å². The molecule has 0 radical (unpaired) electrons. The molecule has 2 aromatic rings. The van der Waals surface area contributed by atoms with E-state index in [1.807, 2.05) is 32.0 Å². The van der Waals surface area contributed by atoms with Crippen LogP contribution in [0.25, 0.3) is 11.1 Å². The predicted molar refractivity (Wildman–Crippen MR) is 92.6 cm³/mol. The van der Waals surface area contributed by atoms with Gasteiger partial charge in [-0.3, -0.25) is 4.79 Å². The Hall–Kier alpha value is -2.89. The van der Waals surface area contributed by atoms with Crippen molar-refractivity contribution in [2.75, 3.05) is 20.3 Å². The molecule has 0 saturated carbocycles. The quantitative estimate of drug-likeness (QED) is 0.593. The summed E-state index contributed by atoms with van der Waals surface area (Å²) in [5.41, 5.74) is 3.97. The van der Waals surface area contributed by atoms with Gasteiger partial charge < -0.3 is 14.2 Å². The van der Waals surface area contributed by atoms with Crippen LogP contribution in [-0.4, -0.2) is 37.2 Å². The van der Waals surface area contributed by atoms with Crippen LogP contribution in [0.2, 0.25) is 0 Å². The third-order valence-corrected chi connectivity index (χ3v) is 3.73. The standard InChI is InChI=1S/C19H21NO5/c1-12-15(6-5-7-16(12)19(22)23-4)17-8-9-18(20-13(17)2)25-11-10-24-14(3)21/h5-9H,10-11H2,1-4H3. The summed E-state index contributed by atoms with van der Waals surface area (Å²) in [5, 5.41) is 0. The average molecular weight is 343 g/mol. The summed E-state index contributed by atoms with van der Waals surface area (Å²) in [6.07, 6.45) is 0. The maximum atomic E-state index is 11.9. The van der Waals surface area contributed by atoms with E-state index in [1.165, 1.54) is 14.0 Å². The minimum absolute atomic E-state index is 0.179. The maximum Gasteiger partial charge on any atom is 0.338 e. The number of aryl methyl sites for hydroxylation is 1. The summed E-state index contributed by atoms with van der Waals surface area (Å²) in [7, 11) is 1.36. The van der Waals surface area contributed by atoms with E-state index in [2.05, 4.69) is 4.98 Å². The minimum atomic E-state index is -0.365. The Bertz CT molecular complexity index is 785. The van der Waals surface area contributed by atoms with Crippen LogP contribution in [-0.2, 0) is 14.3 Å². The van der Waals surface area contributed by atoms with Crippen LogP contribution >= 0.6 is 0 Å². The number of nitrogens with zero attached hydrogens (tertiary/aromatic N) is 1. The number of carbonyl (C=O) groups is 2. The first-order chi connectivity index (χ1) is 11.9. The Balaban J connectivity index is 2.21. The van der Waals surface area contributed by atoms with Gasteiger partial charge in [-0.15, -0.1) is 0 Å². The molecule has 1 aromatic carbocycles. The number of aromatic nitrogens is 1. The smallest absolute Gasteiger partial charge is 0.338 e. The molecule has 0 N–H and O–H groups in total. The Morgan fingerprint density at radius 3 is 2.44 bits per heavy atom. The van der Waals surface area contributed by atoms with E-state index in [9.17, 15) is 9.59 Å². The predicted octanol–water partition coefficient (Wildman–Crippen LogP) is 3.09. The number of hydrogen-bond acceptors (Lipinski definition) is 6. The van der Waals surface area contributed by atoms with E-state index in [1.54, 1.807) is 12.1 Å². The number of benzene rings is 1. The number of esters is 2. The molecule has 0 aliphatic carbocycles. The zero-order valence-corrected chi connectivity index (χ0v) is 14.8. The zero-order chi connectivity index (χ0) is 18.4. The molecule has 25 heavy (non-hydrogen) atoms. The van der Waals surface area contributed by atoms with E-state index in [4.69, 9.17) is 14.2 Å². The highest BCUT2D eigenvalue weighted by atomic mass is 16.6. The van der Waals surface area contributed by atoms with Crippen molar-refractivity contribution in [1.29, 1.82) is 0 Å². The van der Waals surface area contributed by atoms with E-state index in [0.717, 1.165) is 22.4 Å². The molecule has 0 spiro atoms. The first kappa shape index (κ1) is 18.4. The molecule has 2 rings (SSSR count). The Labute approximate surface area is 146 Å². The fraction of sp³-hybridized carbons (Fsp3) is 0.316. The van der Waals surface area contributed by atoms with Gasteiger partial charge in [-0.1, -0.05) is 12.1 Å². The van der Waals surface area contributed by atoms with Crippen molar-refractivity contribution >= 4 is 11.9 Å². The van der Waals surface area contributed by atoms with Gasteiger partial charge in [0.1, 0.15) is 13.2 Å². The van der Waals surface area contributed by atoms with Gasteiger partial charge in [0.25, 0.3) is 0 Å². The molecule has 0 saturated heterocycles. The Kier molecular flexibility index (Phi) is 6.11. The van der Waals surface area contributed by atoms with Gasteiger partial charge in [0, 0.05) is 24.2 Å². The van der Waals surface area contributed by atoms with Crippen LogP contribution < -0.4 is 4.74 Å². The maximum absolute atomic E-state index is 11.9. The third kappa shape index (κ3) is 4.56. The third-order valence-electron chi connectivity index (χ3n) is 3.73. The molecular formula is C19H21NO5. The first-order valence-corrected chi connectivity index (χ1v) is 7.86. The highest BCUT2D eigenvalue weighted by Gasteiger charge is 2.14. The van der Waals surface area contributed by atoms with Crippen LogP contribution in [0.5, 0.6) is 5.88 Å². The Morgan fingerprint density at radius 1 is 1.04 bits per heavy atom. The Morgan fingerprint density at radius 2 is 1.80 bits per heavy atom. The second-order valence-corrected chi connectivity index (χ2v) is 5.44. The molecule has 1 aromatic heterocycles. The lowest BCUT2D eigenvalue weighted by Crippen LogP contribution is -2.10. The van der Waals surface area contributed by atoms with Gasteiger partial charge in [0.05, 0.1) is 12.7 Å². The second kappa shape index (κ2) is 8.28. The average Bonchev–Trinajstić information content (AvgIpc) is 2.59. The molecule has 0 aliphatic rings. The molecule has 6 heteroatoms. The molecule has 0 unspecified atom stereocenters. The van der Waals surface area contributed by atoms with Crippen LogP contribution in [0, 0.1) is 13.8 Å². The van der Waals surface area contributed by atoms with Gasteiger partial charge in [0.15, 0.2) is 0 Å². The molecule has 0 aliphatic heterocycles. The van der Waals surface area contributed by atoms with Gasteiger partial charge in [-0.05, 0) is 37.1 Å².